The highest BCUT2D eigenvalue weighted by Crippen LogP contribution is 2.25. The van der Waals surface area contributed by atoms with Gasteiger partial charge < -0.3 is 14.5 Å². The number of fused-ring (bicyclic) bond motifs is 1. The van der Waals surface area contributed by atoms with Gasteiger partial charge in [0.05, 0.1) is 12.0 Å². The van der Waals surface area contributed by atoms with Crippen molar-refractivity contribution in [1.29, 1.82) is 0 Å². The fourth-order valence-corrected chi connectivity index (χ4v) is 2.96. The van der Waals surface area contributed by atoms with Crippen LogP contribution in [-0.2, 0) is 0 Å². The van der Waals surface area contributed by atoms with Gasteiger partial charge in [0.2, 0.25) is 0 Å². The van der Waals surface area contributed by atoms with Crippen molar-refractivity contribution in [2.45, 2.75) is 6.92 Å². The van der Waals surface area contributed by atoms with E-state index in [-0.39, 0.29) is 11.3 Å². The number of nitrogens with one attached hydrogen (secondary N) is 1. The van der Waals surface area contributed by atoms with Crippen molar-refractivity contribution >= 4 is 22.6 Å². The molecule has 0 saturated carbocycles. The Balaban J connectivity index is 1.63. The minimum Gasteiger partial charge on any atom is -0.494 e. The molecule has 0 radical (unpaired) electrons. The topological polar surface area (TPSA) is 81.4 Å². The molecule has 0 fully saturated rings. The van der Waals surface area contributed by atoms with E-state index in [0.717, 1.165) is 11.3 Å². The highest BCUT2D eigenvalue weighted by molar-refractivity contribution is 6.04. The molecule has 0 unspecified atom stereocenters. The summed E-state index contributed by atoms with van der Waals surface area (Å²) in [5, 5.41) is 3.18. The Labute approximate surface area is 166 Å². The number of carbonyl (C=O) groups is 1. The number of rotatable bonds is 5. The Morgan fingerprint density at radius 1 is 1.03 bits per heavy atom. The summed E-state index contributed by atoms with van der Waals surface area (Å²) in [6, 6.07) is 17.0. The van der Waals surface area contributed by atoms with Crippen molar-refractivity contribution in [3.05, 3.63) is 88.8 Å². The van der Waals surface area contributed by atoms with Crippen molar-refractivity contribution in [2.75, 3.05) is 11.9 Å². The molecule has 0 bridgehead atoms. The molecule has 6 heteroatoms. The minimum atomic E-state index is -0.276. The lowest BCUT2D eigenvalue weighted by atomic mass is 10.1. The van der Waals surface area contributed by atoms with E-state index >= 15 is 0 Å². The van der Waals surface area contributed by atoms with Crippen LogP contribution in [0.5, 0.6) is 5.75 Å². The van der Waals surface area contributed by atoms with Gasteiger partial charge in [0.25, 0.3) is 5.91 Å². The maximum Gasteiger partial charge on any atom is 0.255 e. The first kappa shape index (κ1) is 18.4. The number of hydrogen-bond acceptors (Lipinski definition) is 5. The smallest absolute Gasteiger partial charge is 0.255 e. The molecule has 0 aliphatic carbocycles. The normalized spacial score (nSPS) is 10.7. The monoisotopic (exact) mass is 386 g/mol. The number of benzene rings is 2. The van der Waals surface area contributed by atoms with Crippen LogP contribution in [0.1, 0.15) is 17.3 Å². The fourth-order valence-electron chi connectivity index (χ4n) is 2.96. The molecule has 1 amide bonds. The lowest BCUT2D eigenvalue weighted by Crippen LogP contribution is -2.12. The molecule has 2 aromatic carbocycles. The van der Waals surface area contributed by atoms with Crippen LogP contribution in [0, 0.1) is 0 Å². The fraction of sp³-hybridized carbons (Fsp3) is 0.0870. The lowest BCUT2D eigenvalue weighted by Gasteiger charge is -2.08. The number of hydrogen-bond donors (Lipinski definition) is 1. The second-order valence-electron chi connectivity index (χ2n) is 6.33. The molecule has 4 aromatic rings. The van der Waals surface area contributed by atoms with Crippen LogP contribution in [0.3, 0.4) is 0 Å². The first-order valence-corrected chi connectivity index (χ1v) is 9.16. The van der Waals surface area contributed by atoms with Gasteiger partial charge in [-0.05, 0) is 61.5 Å². The predicted molar refractivity (Wildman–Crippen MR) is 111 cm³/mol. The van der Waals surface area contributed by atoms with E-state index in [1.807, 2.05) is 31.2 Å². The van der Waals surface area contributed by atoms with Crippen LogP contribution in [0.2, 0.25) is 0 Å². The van der Waals surface area contributed by atoms with Gasteiger partial charge in [-0.15, -0.1) is 0 Å². The average molecular weight is 386 g/mol. The van der Waals surface area contributed by atoms with Gasteiger partial charge in [-0.1, -0.05) is 0 Å². The quantitative estimate of drug-likeness (QED) is 0.546. The molecule has 1 N–H and O–H groups in total. The molecule has 0 saturated heterocycles. The van der Waals surface area contributed by atoms with Crippen LogP contribution >= 0.6 is 0 Å². The number of nitrogens with zero attached hydrogens (tertiary/aromatic N) is 1. The van der Waals surface area contributed by atoms with Crippen molar-refractivity contribution in [2.24, 2.45) is 0 Å². The van der Waals surface area contributed by atoms with Crippen molar-refractivity contribution in [1.82, 2.24) is 4.98 Å². The Kier molecular flexibility index (Phi) is 5.07. The van der Waals surface area contributed by atoms with E-state index in [9.17, 15) is 9.59 Å². The molecule has 0 spiro atoms. The lowest BCUT2D eigenvalue weighted by molar-refractivity contribution is 0.102. The first-order valence-electron chi connectivity index (χ1n) is 9.16. The van der Waals surface area contributed by atoms with Gasteiger partial charge in [0.1, 0.15) is 17.1 Å². The summed E-state index contributed by atoms with van der Waals surface area (Å²) in [5.74, 6) is 0.954. The van der Waals surface area contributed by atoms with Crippen LogP contribution < -0.4 is 15.5 Å². The third-order valence-corrected chi connectivity index (χ3v) is 4.38. The molecule has 4 rings (SSSR count). The second kappa shape index (κ2) is 7.98. The minimum absolute atomic E-state index is 0.185. The molecule has 6 nitrogen and oxygen atoms in total. The summed E-state index contributed by atoms with van der Waals surface area (Å²) in [6.07, 6.45) is 3.10. The first-order chi connectivity index (χ1) is 14.1. The van der Waals surface area contributed by atoms with Crippen LogP contribution in [-0.4, -0.2) is 17.5 Å². The van der Waals surface area contributed by atoms with E-state index < -0.39 is 0 Å². The summed E-state index contributed by atoms with van der Waals surface area (Å²) >= 11 is 0. The van der Waals surface area contributed by atoms with Gasteiger partial charge in [-0.2, -0.15) is 0 Å². The van der Waals surface area contributed by atoms with E-state index in [2.05, 4.69) is 10.3 Å². The molecule has 0 aliphatic rings. The Hall–Kier alpha value is -3.93. The van der Waals surface area contributed by atoms with Gasteiger partial charge >= 0.3 is 0 Å². The molecule has 0 aliphatic heterocycles. The highest BCUT2D eigenvalue weighted by Gasteiger charge is 2.10. The summed E-state index contributed by atoms with van der Waals surface area (Å²) in [4.78, 5) is 28.8. The summed E-state index contributed by atoms with van der Waals surface area (Å²) in [6.45, 7) is 2.51. The Morgan fingerprint density at radius 2 is 1.79 bits per heavy atom. The van der Waals surface area contributed by atoms with Gasteiger partial charge in [-0.3, -0.25) is 14.6 Å². The van der Waals surface area contributed by atoms with Crippen LogP contribution in [0.4, 0.5) is 5.69 Å². The predicted octanol–water partition coefficient (Wildman–Crippen LogP) is 4.51. The third kappa shape index (κ3) is 4.01. The SMILES string of the molecule is CCOc1ccc(-c2cc(=O)c3cc(NC(=O)c4ccncc4)ccc3o2)cc1. The van der Waals surface area contributed by atoms with Crippen molar-refractivity contribution < 1.29 is 13.9 Å². The zero-order valence-corrected chi connectivity index (χ0v) is 15.7. The molecule has 29 heavy (non-hydrogen) atoms. The maximum absolute atomic E-state index is 12.6. The van der Waals surface area contributed by atoms with Gasteiger partial charge in [0.15, 0.2) is 5.43 Å². The van der Waals surface area contributed by atoms with E-state index in [1.165, 1.54) is 6.07 Å². The summed E-state index contributed by atoms with van der Waals surface area (Å²) in [5.41, 5.74) is 2.04. The molecule has 144 valence electrons. The van der Waals surface area contributed by atoms with Crippen molar-refractivity contribution in [3.63, 3.8) is 0 Å². The number of ether oxygens (including phenoxy) is 1. The second-order valence-corrected chi connectivity index (χ2v) is 6.33. The third-order valence-electron chi connectivity index (χ3n) is 4.38. The van der Waals surface area contributed by atoms with Gasteiger partial charge in [-0.25, -0.2) is 0 Å². The molecule has 0 atom stereocenters. The highest BCUT2D eigenvalue weighted by atomic mass is 16.5. The summed E-state index contributed by atoms with van der Waals surface area (Å²) in [7, 11) is 0. The van der Waals surface area contributed by atoms with E-state index in [1.54, 1.807) is 42.7 Å². The molecular formula is C23H18N2O4. The number of amides is 1. The Bertz CT molecular complexity index is 1220. The largest absolute Gasteiger partial charge is 0.494 e. The summed E-state index contributed by atoms with van der Waals surface area (Å²) < 4.78 is 11.3. The maximum atomic E-state index is 12.6. The molecule has 2 heterocycles. The average Bonchev–Trinajstić information content (AvgIpc) is 2.75. The van der Waals surface area contributed by atoms with Crippen LogP contribution in [0.25, 0.3) is 22.3 Å². The standard InChI is InChI=1S/C23H18N2O4/c1-2-28-18-6-3-15(4-7-18)22-14-20(26)19-13-17(5-8-21(19)29-22)25-23(27)16-9-11-24-12-10-16/h3-14H,2H2,1H3,(H,25,27). The molecular weight excluding hydrogens is 368 g/mol. The zero-order chi connectivity index (χ0) is 20.2. The molecule has 2 aromatic heterocycles. The zero-order valence-electron chi connectivity index (χ0n) is 15.7. The number of carbonyl (C=O) groups excluding carboxylic acids is 1. The Morgan fingerprint density at radius 3 is 2.52 bits per heavy atom. The van der Waals surface area contributed by atoms with E-state index in [4.69, 9.17) is 9.15 Å². The van der Waals surface area contributed by atoms with E-state index in [0.29, 0.717) is 34.6 Å². The van der Waals surface area contributed by atoms with Crippen molar-refractivity contribution in [3.8, 4) is 17.1 Å². The van der Waals surface area contributed by atoms with Gasteiger partial charge in [0, 0.05) is 35.3 Å². The number of aromatic nitrogens is 1. The number of anilines is 1. The number of pyridine rings is 1. The van der Waals surface area contributed by atoms with Crippen LogP contribution in [0.15, 0.2) is 82.3 Å².